The summed E-state index contributed by atoms with van der Waals surface area (Å²) in [6.07, 6.45) is -5.19. The van der Waals surface area contributed by atoms with Crippen LogP contribution in [0.15, 0.2) is 17.1 Å². The molecular weight excluding hydrogens is 505 g/mol. The summed E-state index contributed by atoms with van der Waals surface area (Å²) in [6, 6.07) is 1.22. The van der Waals surface area contributed by atoms with Gasteiger partial charge >= 0.3 is 160 Å². The third-order valence-corrected chi connectivity index (χ3v) is 5.13. The molecule has 2 heterocycles. The van der Waals surface area contributed by atoms with Crippen LogP contribution in [0.5, 0.6) is 0 Å². The number of nitrogens with zero attached hydrogens (tertiary/aromatic N) is 2. The van der Waals surface area contributed by atoms with E-state index in [-0.39, 0.29) is 160 Å². The van der Waals surface area contributed by atoms with Gasteiger partial charge in [-0.25, -0.2) is 4.79 Å². The number of hydrogen-bond acceptors (Lipinski definition) is 13. The van der Waals surface area contributed by atoms with E-state index in [1.54, 1.807) is 0 Å². The first-order chi connectivity index (χ1) is 11.4. The molecule has 0 radical (unpaired) electrons. The Hall–Kier alpha value is 3.73. The predicted molar refractivity (Wildman–Crippen MR) is 71.1 cm³/mol. The quantitative estimate of drug-likeness (QED) is 0.235. The molecule has 1 aliphatic heterocycles. The van der Waals surface area contributed by atoms with Gasteiger partial charge in [-0.2, -0.15) is 4.98 Å². The van der Waals surface area contributed by atoms with Gasteiger partial charge in [0.25, 0.3) is 7.82 Å². The molecule has 1 unspecified atom stereocenters. The van der Waals surface area contributed by atoms with Crippen LogP contribution in [0.3, 0.4) is 0 Å². The Morgan fingerprint density at radius 1 is 1.21 bits per heavy atom. The topological polar surface area (TPSA) is 232 Å². The average molecular weight is 517 g/mol. The molecule has 0 amide bonds. The third kappa shape index (κ3) is 10.3. The number of rotatable bonds is 6. The average Bonchev–Trinajstić information content (AvgIpc) is 2.71. The molecule has 5 atom stereocenters. The molecule has 1 aromatic heterocycles. The Kier molecular flexibility index (Phi) is 17.2. The van der Waals surface area contributed by atoms with Crippen molar-refractivity contribution in [2.24, 2.45) is 0 Å². The fourth-order valence-corrected chi connectivity index (χ4v) is 3.52. The van der Waals surface area contributed by atoms with Gasteiger partial charge in [-0.1, -0.05) is 0 Å². The molecule has 0 aliphatic carbocycles. The van der Waals surface area contributed by atoms with Crippen molar-refractivity contribution in [3.63, 3.8) is 0 Å². The van der Waals surface area contributed by atoms with Crippen LogP contribution in [0.2, 0.25) is 0 Å². The molecule has 0 bridgehead atoms. The van der Waals surface area contributed by atoms with Crippen LogP contribution in [0.4, 0.5) is 5.82 Å². The fraction of sp³-hybridized carbons (Fsp3) is 0.556. The molecule has 0 spiro atoms. The summed E-state index contributed by atoms with van der Waals surface area (Å²) >= 11 is 0. The van der Waals surface area contributed by atoms with Crippen molar-refractivity contribution in [1.82, 2.24) is 9.55 Å². The summed E-state index contributed by atoms with van der Waals surface area (Å²) in [7, 11) is -11.4. The maximum atomic E-state index is 11.7. The number of nitrogens with two attached hydrogens (primary N) is 1. The number of aliphatic hydroxyl groups is 2. The van der Waals surface area contributed by atoms with E-state index in [4.69, 9.17) is 10.5 Å². The van der Waals surface area contributed by atoms with Crippen molar-refractivity contribution in [2.75, 3.05) is 12.3 Å². The number of aromatic nitrogens is 2. The summed E-state index contributed by atoms with van der Waals surface area (Å²) in [4.78, 5) is 46.8. The molecule has 4 N–H and O–H groups in total. The van der Waals surface area contributed by atoms with E-state index in [0.29, 0.717) is 0 Å². The van der Waals surface area contributed by atoms with Crippen molar-refractivity contribution in [3.05, 3.63) is 22.7 Å². The third-order valence-electron chi connectivity index (χ3n) is 3.06. The Morgan fingerprint density at radius 2 is 1.79 bits per heavy atom. The number of anilines is 1. The maximum Gasteiger partial charge on any atom is 1.00 e. The molecular formula is C9H12K3N3O11P2. The van der Waals surface area contributed by atoms with Crippen LogP contribution in [-0.4, -0.2) is 44.7 Å². The number of phosphoric ester groups is 1. The van der Waals surface area contributed by atoms with Gasteiger partial charge in [0.2, 0.25) is 0 Å². The zero-order valence-corrected chi connectivity index (χ0v) is 26.3. The van der Waals surface area contributed by atoms with Gasteiger partial charge in [0.05, 0.1) is 14.4 Å². The van der Waals surface area contributed by atoms with Crippen LogP contribution < -0.4 is 180 Å². The Morgan fingerprint density at radius 3 is 2.29 bits per heavy atom. The van der Waals surface area contributed by atoms with Gasteiger partial charge in [-0.05, 0) is 6.07 Å². The molecule has 1 aromatic rings. The normalized spacial score (nSPS) is 26.3. The van der Waals surface area contributed by atoms with Crippen molar-refractivity contribution in [1.29, 1.82) is 0 Å². The molecule has 28 heavy (non-hydrogen) atoms. The van der Waals surface area contributed by atoms with Gasteiger partial charge in [-0.15, -0.1) is 0 Å². The van der Waals surface area contributed by atoms with E-state index in [1.165, 1.54) is 6.07 Å². The van der Waals surface area contributed by atoms with E-state index in [0.717, 1.165) is 10.8 Å². The first-order valence-corrected chi connectivity index (χ1v) is 9.37. The fourth-order valence-electron chi connectivity index (χ4n) is 2.03. The summed E-state index contributed by atoms with van der Waals surface area (Å²) in [6.45, 7) is -0.993. The first kappa shape index (κ1) is 33.9. The zero-order valence-electron chi connectivity index (χ0n) is 15.1. The van der Waals surface area contributed by atoms with Crippen molar-refractivity contribution >= 4 is 21.5 Å². The number of hydrogen-bond donors (Lipinski definition) is 3. The van der Waals surface area contributed by atoms with E-state index in [1.807, 2.05) is 0 Å². The van der Waals surface area contributed by atoms with Gasteiger partial charge in [0.15, 0.2) is 6.23 Å². The summed E-state index contributed by atoms with van der Waals surface area (Å²) in [5.41, 5.74) is 4.40. The van der Waals surface area contributed by atoms with Crippen LogP contribution in [0.1, 0.15) is 6.23 Å². The number of ether oxygens (including phenoxy) is 1. The largest absolute Gasteiger partial charge is 1.00 e. The molecule has 1 aliphatic rings. The predicted octanol–water partition coefficient (Wildman–Crippen LogP) is -13.2. The number of phosphoric acid groups is 2. The van der Waals surface area contributed by atoms with Gasteiger partial charge in [0, 0.05) is 6.20 Å². The van der Waals surface area contributed by atoms with Crippen LogP contribution >= 0.6 is 15.6 Å². The summed E-state index contributed by atoms with van der Waals surface area (Å²) in [5.74, 6) is -0.0988. The Balaban J connectivity index is 0. The number of nitrogen functional groups attached to an aromatic ring is 1. The van der Waals surface area contributed by atoms with E-state index >= 15 is 0 Å². The molecule has 14 nitrogen and oxygen atoms in total. The minimum absolute atomic E-state index is 0. The Bertz CT molecular complexity index is 792. The second kappa shape index (κ2) is 14.2. The second-order valence-corrected chi connectivity index (χ2v) is 7.56. The van der Waals surface area contributed by atoms with E-state index < -0.39 is 52.5 Å². The smallest absolute Gasteiger partial charge is 0.790 e. The van der Waals surface area contributed by atoms with E-state index in [2.05, 4.69) is 13.8 Å². The van der Waals surface area contributed by atoms with Gasteiger partial charge < -0.3 is 44.5 Å². The first-order valence-electron chi connectivity index (χ1n) is 6.45. The molecule has 19 heteroatoms. The van der Waals surface area contributed by atoms with E-state index in [9.17, 15) is 38.8 Å². The van der Waals surface area contributed by atoms with Crippen molar-refractivity contribution in [3.8, 4) is 0 Å². The van der Waals surface area contributed by atoms with Crippen LogP contribution in [0.25, 0.3) is 0 Å². The Labute approximate surface area is 286 Å². The summed E-state index contributed by atoms with van der Waals surface area (Å²) in [5, 5.41) is 19.8. The SMILES string of the molecule is Nc1ccn([C@@H]2O[C@H](COP(=O)([O-])OP(=O)([O-])[O-])[C@@H](O)[C@H]2O)c(=O)n1.[K+].[K+].[K+]. The molecule has 142 valence electrons. The van der Waals surface area contributed by atoms with Crippen LogP contribution in [-0.2, 0) is 22.7 Å². The molecule has 0 aromatic carbocycles. The standard InChI is InChI=1S/C9H15N3O11P2.3K/c10-5-1-2-12(9(15)11-5)8-7(14)6(13)4(22-8)3-21-25(19,20)23-24(16,17)18;;;/h1-2,4,6-8,13-14H,3H2,(H,19,20)(H2,10,11,15)(H2,16,17,18);;;/q;3*+1/p-3/t4-,6-,7-,8-;;;/m1.../s1. The number of aliphatic hydroxyl groups excluding tert-OH is 2. The zero-order chi connectivity index (χ0) is 19.0. The molecule has 1 fully saturated rings. The molecule has 2 rings (SSSR count). The molecule has 1 saturated heterocycles. The summed E-state index contributed by atoms with van der Waals surface area (Å²) < 4.78 is 34.7. The van der Waals surface area contributed by atoms with Crippen molar-refractivity contribution < 1.29 is 202 Å². The minimum atomic E-state index is -5.87. The molecule has 0 saturated carbocycles. The van der Waals surface area contributed by atoms with Gasteiger partial charge in [-0.3, -0.25) is 13.4 Å². The van der Waals surface area contributed by atoms with Gasteiger partial charge in [0.1, 0.15) is 24.1 Å². The maximum absolute atomic E-state index is 11.7. The minimum Gasteiger partial charge on any atom is -0.790 e. The monoisotopic (exact) mass is 517 g/mol. The van der Waals surface area contributed by atoms with Crippen molar-refractivity contribution in [2.45, 2.75) is 24.5 Å². The van der Waals surface area contributed by atoms with Crippen LogP contribution in [0, 0.1) is 0 Å². The second-order valence-electron chi connectivity index (χ2n) is 4.86.